The molecule has 0 heterocycles. The fourth-order valence-electron chi connectivity index (χ4n) is 4.28. The topological polar surface area (TPSA) is 55.8 Å². The van der Waals surface area contributed by atoms with Crippen molar-refractivity contribution >= 4 is 5.97 Å². The molecule has 3 aliphatic rings. The molecule has 5 atom stereocenters. The summed E-state index contributed by atoms with van der Waals surface area (Å²) in [5.74, 6) is -0.369. The van der Waals surface area contributed by atoms with Crippen molar-refractivity contribution in [2.75, 3.05) is 0 Å². The molecule has 0 aromatic carbocycles. The number of aliphatic hydroxyl groups is 1. The van der Waals surface area contributed by atoms with Crippen LogP contribution in [0.15, 0.2) is 12.2 Å². The second kappa shape index (κ2) is 5.73. The molecule has 0 aromatic heterocycles. The van der Waals surface area contributed by atoms with Crippen molar-refractivity contribution in [3.05, 3.63) is 12.2 Å². The summed E-state index contributed by atoms with van der Waals surface area (Å²) in [7, 11) is 0. The zero-order chi connectivity index (χ0) is 15.0. The zero-order valence-corrected chi connectivity index (χ0v) is 13.0. The lowest BCUT2D eigenvalue weighted by molar-refractivity contribution is -0.211. The number of aliphatic hydroxyl groups excluding tert-OH is 1. The van der Waals surface area contributed by atoms with Crippen LogP contribution in [0.1, 0.15) is 52.4 Å². The Morgan fingerprint density at radius 3 is 2.62 bits per heavy atom. The Morgan fingerprint density at radius 1 is 1.38 bits per heavy atom. The Balaban J connectivity index is 1.54. The van der Waals surface area contributed by atoms with Crippen LogP contribution in [0, 0.1) is 17.8 Å². The van der Waals surface area contributed by atoms with Gasteiger partial charge in [-0.2, -0.15) is 0 Å². The van der Waals surface area contributed by atoms with E-state index in [4.69, 9.17) is 9.47 Å². The minimum Gasteiger partial charge on any atom is -0.436 e. The summed E-state index contributed by atoms with van der Waals surface area (Å²) in [5, 5.41) is 9.99. The molecule has 0 amide bonds. The van der Waals surface area contributed by atoms with Crippen molar-refractivity contribution in [2.45, 2.75) is 70.4 Å². The molecule has 3 aliphatic carbocycles. The van der Waals surface area contributed by atoms with E-state index in [0.29, 0.717) is 6.42 Å². The number of fused-ring (bicyclic) bond motifs is 2. The fraction of sp³-hybridized carbons (Fsp3) is 0.824. The van der Waals surface area contributed by atoms with Crippen molar-refractivity contribution < 1.29 is 19.4 Å². The van der Waals surface area contributed by atoms with Gasteiger partial charge in [0.1, 0.15) is 0 Å². The van der Waals surface area contributed by atoms with E-state index in [2.05, 4.69) is 6.92 Å². The molecule has 0 radical (unpaired) electrons. The lowest BCUT2D eigenvalue weighted by atomic mass is 9.93. The van der Waals surface area contributed by atoms with Gasteiger partial charge in [-0.15, -0.1) is 0 Å². The van der Waals surface area contributed by atoms with Gasteiger partial charge in [0.15, 0.2) is 0 Å². The summed E-state index contributed by atoms with van der Waals surface area (Å²) in [6.45, 7) is 3.95. The maximum Gasteiger partial charge on any atom is 0.311 e. The standard InChI is InChI=1S/C17H26O4/c1-3-17(8-4-5-9-17)21-11(2)20-16(19)14-10-12-6-7-13(14)15(12)18/h6-7,11-15,18H,3-5,8-10H2,1-2H3. The minimum absolute atomic E-state index is 0.0682. The van der Waals surface area contributed by atoms with Gasteiger partial charge in [0.05, 0.1) is 17.6 Å². The van der Waals surface area contributed by atoms with E-state index < -0.39 is 12.4 Å². The van der Waals surface area contributed by atoms with Gasteiger partial charge in [-0.25, -0.2) is 0 Å². The van der Waals surface area contributed by atoms with Gasteiger partial charge in [0.25, 0.3) is 0 Å². The van der Waals surface area contributed by atoms with Gasteiger partial charge >= 0.3 is 5.97 Å². The molecule has 2 saturated carbocycles. The number of hydrogen-bond acceptors (Lipinski definition) is 4. The number of ether oxygens (including phenoxy) is 2. The first kappa shape index (κ1) is 15.0. The monoisotopic (exact) mass is 294 g/mol. The van der Waals surface area contributed by atoms with Crippen LogP contribution in [-0.2, 0) is 14.3 Å². The molecule has 4 nitrogen and oxygen atoms in total. The summed E-state index contributed by atoms with van der Waals surface area (Å²) in [4.78, 5) is 12.3. The molecule has 0 aliphatic heterocycles. The van der Waals surface area contributed by atoms with Crippen molar-refractivity contribution in [1.82, 2.24) is 0 Å². The van der Waals surface area contributed by atoms with Gasteiger partial charge in [-0.1, -0.05) is 31.9 Å². The summed E-state index contributed by atoms with van der Waals surface area (Å²) in [5.41, 5.74) is -0.103. The summed E-state index contributed by atoms with van der Waals surface area (Å²) in [6, 6.07) is 0. The molecule has 0 aromatic rings. The van der Waals surface area contributed by atoms with Gasteiger partial charge in [-0.3, -0.25) is 4.79 Å². The van der Waals surface area contributed by atoms with Crippen LogP contribution in [0.2, 0.25) is 0 Å². The van der Waals surface area contributed by atoms with Crippen LogP contribution in [0.5, 0.6) is 0 Å². The minimum atomic E-state index is -0.504. The number of esters is 1. The molecule has 0 saturated heterocycles. The fourth-order valence-corrected chi connectivity index (χ4v) is 4.28. The first-order valence-corrected chi connectivity index (χ1v) is 8.29. The van der Waals surface area contributed by atoms with Crippen LogP contribution in [-0.4, -0.2) is 29.1 Å². The number of carbonyl (C=O) groups excluding carboxylic acids is 1. The molecule has 4 heteroatoms. The highest BCUT2D eigenvalue weighted by Gasteiger charge is 2.48. The largest absolute Gasteiger partial charge is 0.436 e. The lowest BCUT2D eigenvalue weighted by Gasteiger charge is -2.32. The van der Waals surface area contributed by atoms with E-state index in [1.54, 1.807) is 0 Å². The molecule has 2 fully saturated rings. The first-order chi connectivity index (χ1) is 10.0. The Labute approximate surface area is 126 Å². The van der Waals surface area contributed by atoms with Gasteiger partial charge < -0.3 is 14.6 Å². The number of rotatable bonds is 5. The van der Waals surface area contributed by atoms with E-state index in [1.165, 1.54) is 12.8 Å². The third kappa shape index (κ3) is 2.76. The molecule has 3 rings (SSSR count). The third-order valence-corrected chi connectivity index (χ3v) is 5.56. The average Bonchev–Trinajstić information content (AvgIpc) is 3.15. The van der Waals surface area contributed by atoms with Crippen molar-refractivity contribution in [1.29, 1.82) is 0 Å². The Hall–Kier alpha value is -0.870. The average molecular weight is 294 g/mol. The van der Waals surface area contributed by atoms with Crippen molar-refractivity contribution in [3.8, 4) is 0 Å². The van der Waals surface area contributed by atoms with Crippen molar-refractivity contribution in [3.63, 3.8) is 0 Å². The zero-order valence-electron chi connectivity index (χ0n) is 13.0. The lowest BCUT2D eigenvalue weighted by Crippen LogP contribution is -2.36. The molecule has 118 valence electrons. The number of hydrogen-bond donors (Lipinski definition) is 1. The molecular formula is C17H26O4. The van der Waals surface area contributed by atoms with E-state index in [1.807, 2.05) is 19.1 Å². The highest BCUT2D eigenvalue weighted by atomic mass is 16.7. The maximum atomic E-state index is 12.3. The highest BCUT2D eigenvalue weighted by Crippen LogP contribution is 2.44. The molecule has 0 spiro atoms. The van der Waals surface area contributed by atoms with Crippen LogP contribution >= 0.6 is 0 Å². The third-order valence-electron chi connectivity index (χ3n) is 5.56. The number of carbonyl (C=O) groups is 1. The van der Waals surface area contributed by atoms with Gasteiger partial charge in [0.2, 0.25) is 6.29 Å². The van der Waals surface area contributed by atoms with Crippen molar-refractivity contribution in [2.24, 2.45) is 17.8 Å². The molecular weight excluding hydrogens is 268 g/mol. The Kier molecular flexibility index (Phi) is 4.10. The van der Waals surface area contributed by atoms with E-state index in [0.717, 1.165) is 19.3 Å². The van der Waals surface area contributed by atoms with E-state index in [9.17, 15) is 9.90 Å². The summed E-state index contributed by atoms with van der Waals surface area (Å²) >= 11 is 0. The molecule has 5 unspecified atom stereocenters. The smallest absolute Gasteiger partial charge is 0.311 e. The quantitative estimate of drug-likeness (QED) is 0.481. The van der Waals surface area contributed by atoms with Crippen LogP contribution in [0.3, 0.4) is 0 Å². The predicted molar refractivity (Wildman–Crippen MR) is 78.4 cm³/mol. The van der Waals surface area contributed by atoms with Gasteiger partial charge in [-0.05, 0) is 32.6 Å². The normalized spacial score (nSPS) is 37.9. The first-order valence-electron chi connectivity index (χ1n) is 8.29. The predicted octanol–water partition coefficient (Wildman–Crippen LogP) is 2.80. The Bertz CT molecular complexity index is 425. The SMILES string of the molecule is CCC1(OC(C)OC(=O)C2CC3C=CC2C3O)CCCC1. The molecule has 2 bridgehead atoms. The Morgan fingerprint density at radius 2 is 2.10 bits per heavy atom. The maximum absolute atomic E-state index is 12.3. The van der Waals surface area contributed by atoms with Crippen LogP contribution in [0.25, 0.3) is 0 Å². The highest BCUT2D eigenvalue weighted by molar-refractivity contribution is 5.74. The molecule has 1 N–H and O–H groups in total. The van der Waals surface area contributed by atoms with E-state index in [-0.39, 0.29) is 29.3 Å². The van der Waals surface area contributed by atoms with Crippen LogP contribution < -0.4 is 0 Å². The van der Waals surface area contributed by atoms with Crippen LogP contribution in [0.4, 0.5) is 0 Å². The van der Waals surface area contributed by atoms with Gasteiger partial charge in [0, 0.05) is 11.8 Å². The van der Waals surface area contributed by atoms with E-state index >= 15 is 0 Å². The summed E-state index contributed by atoms with van der Waals surface area (Å²) in [6.07, 6.45) is 9.23. The molecule has 21 heavy (non-hydrogen) atoms. The summed E-state index contributed by atoms with van der Waals surface area (Å²) < 4.78 is 11.6. The second-order valence-electron chi connectivity index (χ2n) is 6.82. The second-order valence-corrected chi connectivity index (χ2v) is 6.82.